The van der Waals surface area contributed by atoms with Crippen LogP contribution < -0.4 is 9.47 Å². The van der Waals surface area contributed by atoms with E-state index in [0.29, 0.717) is 32.8 Å². The van der Waals surface area contributed by atoms with Gasteiger partial charge in [-0.25, -0.2) is 22.4 Å². The number of benzene rings is 1. The third kappa shape index (κ3) is 5.22. The van der Waals surface area contributed by atoms with Crippen molar-refractivity contribution in [2.24, 2.45) is 0 Å². The fourth-order valence-corrected chi connectivity index (χ4v) is 6.26. The summed E-state index contributed by atoms with van der Waals surface area (Å²) in [5.74, 6) is 0.0531. The number of methoxy groups -OCH3 is 2. The van der Waals surface area contributed by atoms with E-state index >= 15 is 0 Å². The zero-order valence-corrected chi connectivity index (χ0v) is 25.0. The van der Waals surface area contributed by atoms with Crippen molar-refractivity contribution in [2.45, 2.75) is 44.7 Å². The van der Waals surface area contributed by atoms with Gasteiger partial charge in [-0.3, -0.25) is 4.79 Å². The van der Waals surface area contributed by atoms with Gasteiger partial charge in [0.25, 0.3) is 15.9 Å². The topological polar surface area (TPSA) is 115 Å². The quantitative estimate of drug-likeness (QED) is 0.223. The van der Waals surface area contributed by atoms with E-state index in [1.807, 2.05) is 6.92 Å². The number of halogens is 1. The van der Waals surface area contributed by atoms with Crippen LogP contribution in [-0.4, -0.2) is 52.7 Å². The van der Waals surface area contributed by atoms with Crippen LogP contribution in [0.3, 0.4) is 0 Å². The normalized spacial score (nSPS) is 12.2. The highest BCUT2D eigenvalue weighted by molar-refractivity contribution is 7.90. The van der Waals surface area contributed by atoms with Gasteiger partial charge in [-0.15, -0.1) is 0 Å². The average molecular weight is 597 g/mol. The Hall–Kier alpha value is -4.09. The average Bonchev–Trinajstić information content (AvgIpc) is 3.46. The van der Waals surface area contributed by atoms with Crippen molar-refractivity contribution < 1.29 is 27.4 Å². The van der Waals surface area contributed by atoms with E-state index in [1.54, 1.807) is 74.0 Å². The smallest absolute Gasteiger partial charge is 0.326 e. The van der Waals surface area contributed by atoms with Crippen molar-refractivity contribution in [3.8, 4) is 22.9 Å². The molecule has 4 aromatic heterocycles. The molecular weight excluding hydrogens is 568 g/mol. The molecule has 0 saturated heterocycles. The molecule has 0 aliphatic rings. The van der Waals surface area contributed by atoms with Crippen LogP contribution in [0.2, 0.25) is 5.02 Å². The summed E-state index contributed by atoms with van der Waals surface area (Å²) < 4.78 is 47.6. The van der Waals surface area contributed by atoms with Crippen LogP contribution in [0.15, 0.2) is 59.8 Å². The predicted octanol–water partition coefficient (Wildman–Crippen LogP) is 5.61. The first-order chi connectivity index (χ1) is 19.3. The summed E-state index contributed by atoms with van der Waals surface area (Å²) in [5, 5.41) is 0.771. The summed E-state index contributed by atoms with van der Waals surface area (Å²) in [7, 11) is -1.22. The minimum atomic E-state index is -4.16. The molecule has 0 aliphatic carbocycles. The van der Waals surface area contributed by atoms with Crippen LogP contribution in [0.5, 0.6) is 11.6 Å². The Bertz CT molecular complexity index is 1900. The molecule has 5 aromatic rings. The molecule has 10 nitrogen and oxygen atoms in total. The largest absolute Gasteiger partial charge is 0.491 e. The van der Waals surface area contributed by atoms with Gasteiger partial charge in [-0.1, -0.05) is 29.3 Å². The van der Waals surface area contributed by atoms with Gasteiger partial charge >= 0.3 is 5.97 Å². The van der Waals surface area contributed by atoms with Gasteiger partial charge in [0.15, 0.2) is 11.4 Å². The van der Waals surface area contributed by atoms with Gasteiger partial charge in [0.1, 0.15) is 17.7 Å². The second-order valence-corrected chi connectivity index (χ2v) is 12.7. The number of pyridine rings is 2. The molecular formula is C29H29ClN4O6S. The third-order valence-corrected chi connectivity index (χ3v) is 8.41. The number of aromatic nitrogens is 4. The van der Waals surface area contributed by atoms with Crippen LogP contribution in [0.4, 0.5) is 0 Å². The minimum absolute atomic E-state index is 0.0772. The molecule has 41 heavy (non-hydrogen) atoms. The number of esters is 1. The molecule has 0 N–H and O–H groups in total. The van der Waals surface area contributed by atoms with E-state index in [9.17, 15) is 13.2 Å². The number of fused-ring (bicyclic) bond motifs is 2. The zero-order valence-electron chi connectivity index (χ0n) is 23.4. The molecule has 1 aromatic carbocycles. The number of hydrogen-bond acceptors (Lipinski definition) is 8. The van der Waals surface area contributed by atoms with E-state index in [2.05, 4.69) is 9.97 Å². The number of hydrogen-bond donors (Lipinski definition) is 0. The van der Waals surface area contributed by atoms with Crippen LogP contribution in [0.25, 0.3) is 33.3 Å². The van der Waals surface area contributed by atoms with Gasteiger partial charge in [-0.05, 0) is 52.0 Å². The maximum absolute atomic E-state index is 14.2. The van der Waals surface area contributed by atoms with Crippen molar-refractivity contribution in [2.75, 3.05) is 14.2 Å². The van der Waals surface area contributed by atoms with E-state index in [-0.39, 0.29) is 28.7 Å². The fourth-order valence-electron chi connectivity index (χ4n) is 4.59. The molecule has 0 bridgehead atoms. The second kappa shape index (κ2) is 10.4. The Kier molecular flexibility index (Phi) is 7.20. The first-order valence-electron chi connectivity index (χ1n) is 12.7. The monoisotopic (exact) mass is 596 g/mol. The van der Waals surface area contributed by atoms with E-state index < -0.39 is 21.6 Å². The summed E-state index contributed by atoms with van der Waals surface area (Å²) in [6.07, 6.45) is 3.11. The van der Waals surface area contributed by atoms with Gasteiger partial charge in [0.05, 0.1) is 35.3 Å². The Morgan fingerprint density at radius 3 is 2.39 bits per heavy atom. The molecule has 12 heteroatoms. The molecule has 0 unspecified atom stereocenters. The summed E-state index contributed by atoms with van der Waals surface area (Å²) in [6.45, 7) is 7.07. The van der Waals surface area contributed by atoms with Crippen molar-refractivity contribution in [1.82, 2.24) is 18.5 Å². The molecule has 5 rings (SSSR count). The van der Waals surface area contributed by atoms with Crippen molar-refractivity contribution >= 4 is 49.7 Å². The van der Waals surface area contributed by atoms with E-state index in [4.69, 9.17) is 25.8 Å². The van der Waals surface area contributed by atoms with Gasteiger partial charge in [0.2, 0.25) is 0 Å². The number of rotatable bonds is 7. The van der Waals surface area contributed by atoms with Crippen LogP contribution in [0.1, 0.15) is 26.3 Å². The van der Waals surface area contributed by atoms with Gasteiger partial charge in [0, 0.05) is 29.4 Å². The van der Waals surface area contributed by atoms with Crippen molar-refractivity contribution in [3.63, 3.8) is 0 Å². The standard InChI is InChI=1S/C29H29ClN4O6S/c1-17-7-9-18(10-8-17)41(36,37)34-22(13-19-21(30)11-12-31-27(19)34)20-15-33(16-25(35)40-29(2,3)4)23-14-24(38-5)28(39-6)32-26(20)23/h7-15H,16H2,1-6H3. The first kappa shape index (κ1) is 28.4. The SMILES string of the molecule is COc1cc2c(nc1OC)c(-c1cc3c(Cl)ccnc3n1S(=O)(=O)c1ccc(C)cc1)cn2CC(=O)OC(C)(C)C. The predicted molar refractivity (Wildman–Crippen MR) is 156 cm³/mol. The number of aryl methyl sites for hydroxylation is 1. The summed E-state index contributed by atoms with van der Waals surface area (Å²) >= 11 is 6.52. The molecule has 0 amide bonds. The minimum Gasteiger partial charge on any atom is -0.491 e. The van der Waals surface area contributed by atoms with E-state index in [0.717, 1.165) is 9.54 Å². The number of nitrogens with zero attached hydrogens (tertiary/aromatic N) is 4. The van der Waals surface area contributed by atoms with Gasteiger partial charge < -0.3 is 18.8 Å². The lowest BCUT2D eigenvalue weighted by Crippen LogP contribution is -2.26. The molecule has 0 atom stereocenters. The Balaban J connectivity index is 1.83. The lowest BCUT2D eigenvalue weighted by atomic mass is 10.2. The second-order valence-electron chi connectivity index (χ2n) is 10.5. The number of ether oxygens (including phenoxy) is 3. The van der Waals surface area contributed by atoms with Gasteiger partial charge in [-0.2, -0.15) is 0 Å². The molecule has 0 aliphatic heterocycles. The molecule has 0 fully saturated rings. The fraction of sp³-hybridized carbons (Fsp3) is 0.276. The van der Waals surface area contributed by atoms with Crippen molar-refractivity contribution in [3.05, 3.63) is 65.4 Å². The Morgan fingerprint density at radius 1 is 1.05 bits per heavy atom. The highest BCUT2D eigenvalue weighted by Gasteiger charge is 2.29. The summed E-state index contributed by atoms with van der Waals surface area (Å²) in [5.41, 5.74) is 1.93. The highest BCUT2D eigenvalue weighted by atomic mass is 35.5. The first-order valence-corrected chi connectivity index (χ1v) is 14.5. The number of carbonyl (C=O) groups excluding carboxylic acids is 1. The highest BCUT2D eigenvalue weighted by Crippen LogP contribution is 2.40. The zero-order chi connectivity index (χ0) is 29.7. The van der Waals surface area contributed by atoms with Crippen LogP contribution in [0, 0.1) is 6.92 Å². The molecule has 0 spiro atoms. The molecule has 4 heterocycles. The lowest BCUT2D eigenvalue weighted by Gasteiger charge is -2.19. The van der Waals surface area contributed by atoms with E-state index in [1.165, 1.54) is 20.4 Å². The maximum atomic E-state index is 14.2. The van der Waals surface area contributed by atoms with Crippen molar-refractivity contribution in [1.29, 1.82) is 0 Å². The Morgan fingerprint density at radius 2 is 1.76 bits per heavy atom. The lowest BCUT2D eigenvalue weighted by molar-refractivity contribution is -0.155. The van der Waals surface area contributed by atoms with Crippen LogP contribution >= 0.6 is 11.6 Å². The maximum Gasteiger partial charge on any atom is 0.326 e. The third-order valence-electron chi connectivity index (χ3n) is 6.36. The number of carbonyl (C=O) groups is 1. The molecule has 0 radical (unpaired) electrons. The molecule has 0 saturated carbocycles. The summed E-state index contributed by atoms with van der Waals surface area (Å²) in [6, 6.07) is 11.5. The van der Waals surface area contributed by atoms with Crippen LogP contribution in [-0.2, 0) is 26.1 Å². The molecule has 214 valence electrons. The Labute approximate surface area is 242 Å². The summed E-state index contributed by atoms with van der Waals surface area (Å²) in [4.78, 5) is 22.0.